The number of aryl methyl sites for hydroxylation is 1. The molecule has 1 saturated carbocycles. The van der Waals surface area contributed by atoms with Gasteiger partial charge in [0.05, 0.1) is 6.54 Å². The predicted molar refractivity (Wildman–Crippen MR) is 103 cm³/mol. The molecule has 0 unspecified atom stereocenters. The second kappa shape index (κ2) is 10.2. The van der Waals surface area contributed by atoms with Crippen molar-refractivity contribution in [1.29, 1.82) is 0 Å². The van der Waals surface area contributed by atoms with Gasteiger partial charge in [0.1, 0.15) is 18.4 Å². The van der Waals surface area contributed by atoms with Crippen LogP contribution in [0.4, 0.5) is 0 Å². The fourth-order valence-electron chi connectivity index (χ4n) is 3.26. The standard InChI is InChI=1S/C21H32N2O3/c1-15(2)19(23-20(24)17-7-5-4-6-8-17)21(25)22-13-14-26-18-11-9-16(3)10-12-18/h9-12,15,17,19H,4-8,13-14H2,1-3H3,(H,22,25)(H,23,24)/t19-/m1/s1. The van der Waals surface area contributed by atoms with E-state index in [0.29, 0.717) is 13.2 Å². The summed E-state index contributed by atoms with van der Waals surface area (Å²) in [4.78, 5) is 24.9. The van der Waals surface area contributed by atoms with E-state index in [9.17, 15) is 9.59 Å². The summed E-state index contributed by atoms with van der Waals surface area (Å²) in [5.41, 5.74) is 1.18. The van der Waals surface area contributed by atoms with Crippen molar-refractivity contribution in [3.8, 4) is 5.75 Å². The lowest BCUT2D eigenvalue weighted by molar-refractivity contribution is -0.132. The molecule has 0 bridgehead atoms. The fourth-order valence-corrected chi connectivity index (χ4v) is 3.26. The molecule has 2 N–H and O–H groups in total. The quantitative estimate of drug-likeness (QED) is 0.700. The molecule has 0 saturated heterocycles. The zero-order valence-corrected chi connectivity index (χ0v) is 16.2. The average Bonchev–Trinajstić information content (AvgIpc) is 2.64. The zero-order valence-electron chi connectivity index (χ0n) is 16.2. The van der Waals surface area contributed by atoms with Crippen molar-refractivity contribution in [2.45, 2.75) is 58.9 Å². The lowest BCUT2D eigenvalue weighted by Gasteiger charge is -2.26. The Hall–Kier alpha value is -2.04. The molecule has 0 aromatic heterocycles. The number of amides is 2. The van der Waals surface area contributed by atoms with Gasteiger partial charge in [-0.25, -0.2) is 0 Å². The molecular formula is C21H32N2O3. The van der Waals surface area contributed by atoms with Crippen LogP contribution in [0.5, 0.6) is 5.75 Å². The number of benzene rings is 1. The van der Waals surface area contributed by atoms with Crippen LogP contribution in [-0.4, -0.2) is 31.0 Å². The van der Waals surface area contributed by atoms with Gasteiger partial charge in [-0.1, -0.05) is 50.8 Å². The van der Waals surface area contributed by atoms with E-state index >= 15 is 0 Å². The molecule has 0 heterocycles. The second-order valence-electron chi connectivity index (χ2n) is 7.52. The van der Waals surface area contributed by atoms with Gasteiger partial charge >= 0.3 is 0 Å². The van der Waals surface area contributed by atoms with E-state index in [1.54, 1.807) is 0 Å². The topological polar surface area (TPSA) is 67.4 Å². The van der Waals surface area contributed by atoms with Crippen LogP contribution in [0.25, 0.3) is 0 Å². The molecule has 5 nitrogen and oxygen atoms in total. The van der Waals surface area contributed by atoms with E-state index in [2.05, 4.69) is 10.6 Å². The molecule has 2 amide bonds. The van der Waals surface area contributed by atoms with Gasteiger partial charge in [0, 0.05) is 5.92 Å². The minimum atomic E-state index is -0.496. The van der Waals surface area contributed by atoms with Gasteiger partial charge < -0.3 is 15.4 Å². The van der Waals surface area contributed by atoms with E-state index < -0.39 is 6.04 Å². The Balaban J connectivity index is 1.76. The van der Waals surface area contributed by atoms with Gasteiger partial charge in [-0.05, 0) is 37.8 Å². The summed E-state index contributed by atoms with van der Waals surface area (Å²) in [7, 11) is 0. The smallest absolute Gasteiger partial charge is 0.242 e. The fraction of sp³-hybridized carbons (Fsp3) is 0.619. The van der Waals surface area contributed by atoms with Crippen LogP contribution >= 0.6 is 0 Å². The van der Waals surface area contributed by atoms with Crippen molar-refractivity contribution in [3.05, 3.63) is 29.8 Å². The van der Waals surface area contributed by atoms with Gasteiger partial charge in [0.15, 0.2) is 0 Å². The zero-order chi connectivity index (χ0) is 18.9. The lowest BCUT2D eigenvalue weighted by Crippen LogP contribution is -2.51. The minimum Gasteiger partial charge on any atom is -0.492 e. The summed E-state index contributed by atoms with van der Waals surface area (Å²) >= 11 is 0. The highest BCUT2D eigenvalue weighted by molar-refractivity contribution is 5.88. The van der Waals surface area contributed by atoms with E-state index in [1.807, 2.05) is 45.0 Å². The molecular weight excluding hydrogens is 328 g/mol. The molecule has 1 atom stereocenters. The Labute approximate surface area is 156 Å². The molecule has 5 heteroatoms. The van der Waals surface area contributed by atoms with Gasteiger partial charge in [0.25, 0.3) is 0 Å². The van der Waals surface area contributed by atoms with Gasteiger partial charge in [-0.3, -0.25) is 9.59 Å². The molecule has 1 fully saturated rings. The normalized spacial score (nSPS) is 16.2. The largest absolute Gasteiger partial charge is 0.492 e. The number of carbonyl (C=O) groups is 2. The summed E-state index contributed by atoms with van der Waals surface area (Å²) in [5, 5.41) is 5.83. The first-order valence-corrected chi connectivity index (χ1v) is 9.75. The van der Waals surface area contributed by atoms with Crippen LogP contribution in [-0.2, 0) is 9.59 Å². The lowest BCUT2D eigenvalue weighted by atomic mass is 9.88. The second-order valence-corrected chi connectivity index (χ2v) is 7.52. The Kier molecular flexibility index (Phi) is 7.95. The average molecular weight is 360 g/mol. The summed E-state index contributed by atoms with van der Waals surface area (Å²) in [6.07, 6.45) is 5.28. The van der Waals surface area contributed by atoms with Crippen molar-refractivity contribution in [2.24, 2.45) is 11.8 Å². The first kappa shape index (κ1) is 20.3. The number of rotatable bonds is 8. The van der Waals surface area contributed by atoms with Crippen LogP contribution in [0.2, 0.25) is 0 Å². The van der Waals surface area contributed by atoms with Crippen molar-refractivity contribution in [1.82, 2.24) is 10.6 Å². The summed E-state index contributed by atoms with van der Waals surface area (Å²) in [6, 6.07) is 7.31. The SMILES string of the molecule is Cc1ccc(OCCNC(=O)[C@H](NC(=O)C2CCCCC2)C(C)C)cc1. The van der Waals surface area contributed by atoms with Crippen molar-refractivity contribution in [3.63, 3.8) is 0 Å². The number of nitrogens with one attached hydrogen (secondary N) is 2. The van der Waals surface area contributed by atoms with E-state index in [-0.39, 0.29) is 23.7 Å². The van der Waals surface area contributed by atoms with Crippen molar-refractivity contribution < 1.29 is 14.3 Å². The molecule has 1 aliphatic carbocycles. The first-order valence-electron chi connectivity index (χ1n) is 9.75. The number of hydrogen-bond acceptors (Lipinski definition) is 3. The Morgan fingerprint density at radius 2 is 1.77 bits per heavy atom. The predicted octanol–water partition coefficient (Wildman–Crippen LogP) is 3.21. The maximum Gasteiger partial charge on any atom is 0.242 e. The van der Waals surface area contributed by atoms with E-state index in [4.69, 9.17) is 4.74 Å². The molecule has 26 heavy (non-hydrogen) atoms. The Morgan fingerprint density at radius 1 is 1.12 bits per heavy atom. The van der Waals surface area contributed by atoms with Gasteiger partial charge in [-0.15, -0.1) is 0 Å². The van der Waals surface area contributed by atoms with Gasteiger partial charge in [-0.2, -0.15) is 0 Å². The monoisotopic (exact) mass is 360 g/mol. The number of hydrogen-bond donors (Lipinski definition) is 2. The summed E-state index contributed by atoms with van der Waals surface area (Å²) < 4.78 is 5.63. The summed E-state index contributed by atoms with van der Waals surface area (Å²) in [6.45, 7) is 6.74. The van der Waals surface area contributed by atoms with E-state index in [1.165, 1.54) is 12.0 Å². The van der Waals surface area contributed by atoms with Crippen LogP contribution < -0.4 is 15.4 Å². The van der Waals surface area contributed by atoms with Gasteiger partial charge in [0.2, 0.25) is 11.8 Å². The molecule has 0 aliphatic heterocycles. The molecule has 1 aromatic rings. The third kappa shape index (κ3) is 6.36. The minimum absolute atomic E-state index is 0.0226. The van der Waals surface area contributed by atoms with Crippen LogP contribution in [0.3, 0.4) is 0 Å². The van der Waals surface area contributed by atoms with E-state index in [0.717, 1.165) is 31.4 Å². The molecule has 144 valence electrons. The van der Waals surface area contributed by atoms with Crippen LogP contribution in [0.1, 0.15) is 51.5 Å². The molecule has 0 radical (unpaired) electrons. The third-order valence-corrected chi connectivity index (χ3v) is 4.91. The highest BCUT2D eigenvalue weighted by atomic mass is 16.5. The highest BCUT2D eigenvalue weighted by Gasteiger charge is 2.28. The maximum absolute atomic E-state index is 12.5. The van der Waals surface area contributed by atoms with Crippen LogP contribution in [0.15, 0.2) is 24.3 Å². The maximum atomic E-state index is 12.5. The Bertz CT molecular complexity index is 577. The number of ether oxygens (including phenoxy) is 1. The molecule has 0 spiro atoms. The number of carbonyl (C=O) groups excluding carboxylic acids is 2. The van der Waals surface area contributed by atoms with Crippen molar-refractivity contribution in [2.75, 3.05) is 13.2 Å². The first-order chi connectivity index (χ1) is 12.5. The van der Waals surface area contributed by atoms with Crippen LogP contribution in [0, 0.1) is 18.8 Å². The Morgan fingerprint density at radius 3 is 2.38 bits per heavy atom. The molecule has 1 aliphatic rings. The highest BCUT2D eigenvalue weighted by Crippen LogP contribution is 2.24. The molecule has 1 aromatic carbocycles. The summed E-state index contributed by atoms with van der Waals surface area (Å²) in [5.74, 6) is 0.769. The molecule has 2 rings (SSSR count). The van der Waals surface area contributed by atoms with Crippen molar-refractivity contribution >= 4 is 11.8 Å². The third-order valence-electron chi connectivity index (χ3n) is 4.91.